The summed E-state index contributed by atoms with van der Waals surface area (Å²) in [6.07, 6.45) is 3.07. The lowest BCUT2D eigenvalue weighted by molar-refractivity contribution is -0.121. The first kappa shape index (κ1) is 14.9. The molecule has 5 nitrogen and oxygen atoms in total. The minimum atomic E-state index is 0.0620. The van der Waals surface area contributed by atoms with E-state index in [0.717, 1.165) is 54.2 Å². The van der Waals surface area contributed by atoms with Crippen molar-refractivity contribution in [3.05, 3.63) is 59.9 Å². The molecule has 0 bridgehead atoms. The van der Waals surface area contributed by atoms with E-state index in [4.69, 9.17) is 0 Å². The van der Waals surface area contributed by atoms with Gasteiger partial charge in [-0.25, -0.2) is 4.98 Å². The lowest BCUT2D eigenvalue weighted by Gasteiger charge is -2.33. The van der Waals surface area contributed by atoms with Gasteiger partial charge in [0.05, 0.1) is 17.4 Å². The molecule has 1 aromatic carbocycles. The number of fused-ring (bicyclic) bond motifs is 1. The second-order valence-electron chi connectivity index (χ2n) is 6.17. The molecule has 3 aromatic rings. The van der Waals surface area contributed by atoms with Crippen molar-refractivity contribution < 1.29 is 4.79 Å². The summed E-state index contributed by atoms with van der Waals surface area (Å²) in [7, 11) is 0. The van der Waals surface area contributed by atoms with Crippen LogP contribution in [0.25, 0.3) is 16.9 Å². The van der Waals surface area contributed by atoms with Crippen LogP contribution in [0.4, 0.5) is 0 Å². The number of pyridine rings is 1. The number of amides is 1. The number of carbonyl (C=O) groups excluding carboxylic acids is 1. The van der Waals surface area contributed by atoms with E-state index in [2.05, 4.69) is 39.1 Å². The fourth-order valence-electron chi connectivity index (χ4n) is 3.48. The topological polar surface area (TPSA) is 49.6 Å². The van der Waals surface area contributed by atoms with Crippen LogP contribution in [-0.4, -0.2) is 40.3 Å². The molecule has 2 aromatic heterocycles. The van der Waals surface area contributed by atoms with Crippen LogP contribution >= 0.6 is 0 Å². The number of rotatable bonds is 3. The Labute approximate surface area is 140 Å². The number of nitrogens with zero attached hydrogens (tertiary/aromatic N) is 3. The molecule has 5 heteroatoms. The lowest BCUT2D eigenvalue weighted by atomic mass is 10.1. The third kappa shape index (κ3) is 2.47. The van der Waals surface area contributed by atoms with Gasteiger partial charge in [0.2, 0.25) is 6.41 Å². The summed E-state index contributed by atoms with van der Waals surface area (Å²) in [5.74, 6) is 0. The second kappa shape index (κ2) is 6.09. The van der Waals surface area contributed by atoms with E-state index in [-0.39, 0.29) is 6.04 Å². The van der Waals surface area contributed by atoms with E-state index < -0.39 is 0 Å². The van der Waals surface area contributed by atoms with Crippen molar-refractivity contribution in [2.45, 2.75) is 13.0 Å². The van der Waals surface area contributed by atoms with E-state index in [1.807, 2.05) is 36.1 Å². The van der Waals surface area contributed by atoms with Crippen molar-refractivity contribution in [3.8, 4) is 11.3 Å². The van der Waals surface area contributed by atoms with Crippen molar-refractivity contribution in [2.75, 3.05) is 19.6 Å². The van der Waals surface area contributed by atoms with Crippen LogP contribution in [0.2, 0.25) is 0 Å². The Balaban J connectivity index is 1.84. The highest BCUT2D eigenvalue weighted by atomic mass is 16.1. The summed E-state index contributed by atoms with van der Waals surface area (Å²) in [6.45, 7) is 4.39. The van der Waals surface area contributed by atoms with Crippen LogP contribution in [-0.2, 0) is 4.79 Å². The Morgan fingerprint density at radius 3 is 2.83 bits per heavy atom. The van der Waals surface area contributed by atoms with Crippen LogP contribution in [0.3, 0.4) is 0 Å². The number of aromatic nitrogens is 2. The molecule has 1 aliphatic rings. The van der Waals surface area contributed by atoms with Gasteiger partial charge in [0.25, 0.3) is 0 Å². The SMILES string of the molecule is Cc1nc2ccc(C3CNCCN3C=O)cn2c1-c1ccccc1. The first-order valence-corrected chi connectivity index (χ1v) is 8.24. The van der Waals surface area contributed by atoms with E-state index in [1.54, 1.807) is 0 Å². The van der Waals surface area contributed by atoms with Gasteiger partial charge < -0.3 is 10.2 Å². The van der Waals surface area contributed by atoms with Gasteiger partial charge >= 0.3 is 0 Å². The summed E-state index contributed by atoms with van der Waals surface area (Å²) >= 11 is 0. The number of piperazine rings is 1. The Kier molecular flexibility index (Phi) is 3.78. The van der Waals surface area contributed by atoms with Crippen LogP contribution < -0.4 is 5.32 Å². The molecule has 1 N–H and O–H groups in total. The quantitative estimate of drug-likeness (QED) is 0.754. The number of nitrogens with one attached hydrogen (secondary N) is 1. The van der Waals surface area contributed by atoms with Gasteiger partial charge in [-0.15, -0.1) is 0 Å². The third-order valence-electron chi connectivity index (χ3n) is 4.67. The summed E-state index contributed by atoms with van der Waals surface area (Å²) in [6, 6.07) is 14.5. The van der Waals surface area contributed by atoms with Crippen LogP contribution in [0.5, 0.6) is 0 Å². The average molecular weight is 320 g/mol. The number of benzene rings is 1. The van der Waals surface area contributed by atoms with Gasteiger partial charge in [0.1, 0.15) is 5.65 Å². The number of hydrogen-bond acceptors (Lipinski definition) is 3. The zero-order valence-electron chi connectivity index (χ0n) is 13.6. The first-order chi connectivity index (χ1) is 11.8. The fraction of sp³-hybridized carbons (Fsp3) is 0.263. The maximum absolute atomic E-state index is 11.4. The molecule has 0 saturated carbocycles. The van der Waals surface area contributed by atoms with E-state index in [9.17, 15) is 4.79 Å². The smallest absolute Gasteiger partial charge is 0.210 e. The van der Waals surface area contributed by atoms with Gasteiger partial charge in [-0.2, -0.15) is 0 Å². The Morgan fingerprint density at radius 1 is 1.21 bits per heavy atom. The van der Waals surface area contributed by atoms with E-state index in [1.165, 1.54) is 0 Å². The molecular weight excluding hydrogens is 300 g/mol. The summed E-state index contributed by atoms with van der Waals surface area (Å²) in [5, 5.41) is 3.37. The largest absolute Gasteiger partial charge is 0.336 e. The van der Waals surface area contributed by atoms with Crippen molar-refractivity contribution in [1.29, 1.82) is 0 Å². The summed E-state index contributed by atoms with van der Waals surface area (Å²) in [5.41, 5.74) is 5.31. The third-order valence-corrected chi connectivity index (χ3v) is 4.67. The van der Waals surface area contributed by atoms with Crippen molar-refractivity contribution in [1.82, 2.24) is 19.6 Å². The molecule has 1 unspecified atom stereocenters. The molecule has 1 amide bonds. The van der Waals surface area contributed by atoms with Crippen LogP contribution in [0.1, 0.15) is 17.3 Å². The Morgan fingerprint density at radius 2 is 2.04 bits per heavy atom. The van der Waals surface area contributed by atoms with Gasteiger partial charge in [-0.3, -0.25) is 9.20 Å². The molecule has 4 rings (SSSR count). The van der Waals surface area contributed by atoms with Crippen molar-refractivity contribution in [2.24, 2.45) is 0 Å². The number of hydrogen-bond donors (Lipinski definition) is 1. The molecule has 0 aliphatic carbocycles. The van der Waals surface area contributed by atoms with Gasteiger partial charge in [-0.1, -0.05) is 36.4 Å². The monoisotopic (exact) mass is 320 g/mol. The maximum atomic E-state index is 11.4. The van der Waals surface area contributed by atoms with E-state index in [0.29, 0.717) is 0 Å². The van der Waals surface area contributed by atoms with Crippen LogP contribution in [0, 0.1) is 6.92 Å². The molecule has 1 aliphatic heterocycles. The zero-order valence-corrected chi connectivity index (χ0v) is 13.6. The van der Waals surface area contributed by atoms with Crippen molar-refractivity contribution in [3.63, 3.8) is 0 Å². The standard InChI is InChI=1S/C19H20N4O/c1-14-19(15-5-3-2-4-6-15)23-12-16(7-8-18(23)21-14)17-11-20-9-10-22(17)13-24/h2-8,12-13,17,20H,9-11H2,1H3. The highest BCUT2D eigenvalue weighted by Crippen LogP contribution is 2.27. The lowest BCUT2D eigenvalue weighted by Crippen LogP contribution is -2.45. The molecule has 3 heterocycles. The zero-order chi connectivity index (χ0) is 16.5. The van der Waals surface area contributed by atoms with Gasteiger partial charge in [-0.05, 0) is 18.6 Å². The van der Waals surface area contributed by atoms with Crippen LogP contribution in [0.15, 0.2) is 48.7 Å². The molecule has 24 heavy (non-hydrogen) atoms. The normalized spacial score (nSPS) is 18.0. The van der Waals surface area contributed by atoms with Gasteiger partial charge in [0.15, 0.2) is 0 Å². The predicted octanol–water partition coefficient (Wildman–Crippen LogP) is 2.41. The first-order valence-electron chi connectivity index (χ1n) is 8.24. The second-order valence-corrected chi connectivity index (χ2v) is 6.17. The van der Waals surface area contributed by atoms with Crippen molar-refractivity contribution >= 4 is 12.1 Å². The summed E-state index contributed by atoms with van der Waals surface area (Å²) in [4.78, 5) is 17.9. The molecule has 1 fully saturated rings. The molecule has 0 spiro atoms. The summed E-state index contributed by atoms with van der Waals surface area (Å²) < 4.78 is 2.14. The van der Waals surface area contributed by atoms with Gasteiger partial charge in [0, 0.05) is 31.4 Å². The number of aryl methyl sites for hydroxylation is 1. The fourth-order valence-corrected chi connectivity index (χ4v) is 3.48. The molecular formula is C19H20N4O. The minimum Gasteiger partial charge on any atom is -0.336 e. The molecule has 1 atom stereocenters. The Hall–Kier alpha value is -2.66. The maximum Gasteiger partial charge on any atom is 0.210 e. The Bertz CT molecular complexity index is 872. The number of carbonyl (C=O) groups is 1. The molecule has 1 saturated heterocycles. The average Bonchev–Trinajstić information content (AvgIpc) is 2.97. The molecule has 0 radical (unpaired) electrons. The highest BCUT2D eigenvalue weighted by molar-refractivity contribution is 5.67. The predicted molar refractivity (Wildman–Crippen MR) is 93.7 cm³/mol. The molecule has 122 valence electrons. The highest BCUT2D eigenvalue weighted by Gasteiger charge is 2.23. The minimum absolute atomic E-state index is 0.0620. The number of imidazole rings is 1. The van der Waals surface area contributed by atoms with E-state index >= 15 is 0 Å².